The van der Waals surface area contributed by atoms with Crippen LogP contribution in [-0.4, -0.2) is 13.2 Å². The van der Waals surface area contributed by atoms with E-state index < -0.39 is 0 Å². The zero-order valence-electron chi connectivity index (χ0n) is 8.20. The topological polar surface area (TPSA) is 61.3 Å². The lowest BCUT2D eigenvalue weighted by Gasteiger charge is -2.22. The molecule has 0 amide bonds. The van der Waals surface area contributed by atoms with E-state index in [1.165, 1.54) is 5.56 Å². The number of rotatable bonds is 1. The van der Waals surface area contributed by atoms with Gasteiger partial charge in [0, 0.05) is 13.2 Å². The molecule has 1 fully saturated rings. The molecule has 1 aromatic carbocycles. The van der Waals surface area contributed by atoms with Crippen molar-refractivity contribution in [2.75, 3.05) is 24.7 Å². The van der Waals surface area contributed by atoms with Crippen molar-refractivity contribution in [3.05, 3.63) is 23.8 Å². The average molecular weight is 192 g/mol. The highest BCUT2D eigenvalue weighted by atomic mass is 16.5. The van der Waals surface area contributed by atoms with E-state index in [0.717, 1.165) is 26.1 Å². The zero-order valence-corrected chi connectivity index (χ0v) is 8.20. The first kappa shape index (κ1) is 9.34. The Morgan fingerprint density at radius 3 is 2.43 bits per heavy atom. The van der Waals surface area contributed by atoms with Gasteiger partial charge in [0.25, 0.3) is 0 Å². The van der Waals surface area contributed by atoms with Crippen molar-refractivity contribution in [1.29, 1.82) is 0 Å². The number of anilines is 2. The SMILES string of the molecule is Nc1ccc(C2CCOCC2)cc1N. The Labute approximate surface area is 84.0 Å². The minimum absolute atomic E-state index is 0.589. The van der Waals surface area contributed by atoms with Gasteiger partial charge >= 0.3 is 0 Å². The summed E-state index contributed by atoms with van der Waals surface area (Å²) in [5.74, 6) is 0.589. The van der Waals surface area contributed by atoms with Crippen molar-refractivity contribution in [3.8, 4) is 0 Å². The summed E-state index contributed by atoms with van der Waals surface area (Å²) in [5.41, 5.74) is 14.1. The summed E-state index contributed by atoms with van der Waals surface area (Å²) in [7, 11) is 0. The first-order chi connectivity index (χ1) is 6.77. The van der Waals surface area contributed by atoms with Crippen LogP contribution < -0.4 is 11.5 Å². The molecule has 0 radical (unpaired) electrons. The molecule has 1 aromatic rings. The Kier molecular flexibility index (Phi) is 2.59. The minimum atomic E-state index is 0.589. The smallest absolute Gasteiger partial charge is 0.0550 e. The van der Waals surface area contributed by atoms with Crippen molar-refractivity contribution >= 4 is 11.4 Å². The highest BCUT2D eigenvalue weighted by Crippen LogP contribution is 2.29. The summed E-state index contributed by atoms with van der Waals surface area (Å²) >= 11 is 0. The first-order valence-electron chi connectivity index (χ1n) is 5.00. The summed E-state index contributed by atoms with van der Waals surface area (Å²) in [5, 5.41) is 0. The maximum atomic E-state index is 5.77. The predicted octanol–water partition coefficient (Wildman–Crippen LogP) is 1.75. The molecule has 0 saturated carbocycles. The van der Waals surface area contributed by atoms with Crippen LogP contribution in [0.3, 0.4) is 0 Å². The van der Waals surface area contributed by atoms with E-state index >= 15 is 0 Å². The molecule has 1 aliphatic rings. The molecule has 2 rings (SSSR count). The number of hydrogen-bond donors (Lipinski definition) is 2. The monoisotopic (exact) mass is 192 g/mol. The van der Waals surface area contributed by atoms with E-state index in [0.29, 0.717) is 17.3 Å². The summed E-state index contributed by atoms with van der Waals surface area (Å²) in [6.45, 7) is 1.71. The minimum Gasteiger partial charge on any atom is -0.397 e. The third-order valence-electron chi connectivity index (χ3n) is 2.80. The van der Waals surface area contributed by atoms with Crippen LogP contribution in [0.5, 0.6) is 0 Å². The standard InChI is InChI=1S/C11H16N2O/c12-10-2-1-9(7-11(10)13)8-3-5-14-6-4-8/h1-2,7-8H,3-6,12-13H2. The number of hydrogen-bond acceptors (Lipinski definition) is 3. The number of nitrogens with two attached hydrogens (primary N) is 2. The van der Waals surface area contributed by atoms with Gasteiger partial charge in [-0.3, -0.25) is 0 Å². The van der Waals surface area contributed by atoms with E-state index in [-0.39, 0.29) is 0 Å². The van der Waals surface area contributed by atoms with E-state index in [1.807, 2.05) is 12.1 Å². The molecular formula is C11H16N2O. The van der Waals surface area contributed by atoms with Crippen LogP contribution in [0.15, 0.2) is 18.2 Å². The fraction of sp³-hybridized carbons (Fsp3) is 0.455. The van der Waals surface area contributed by atoms with Crippen LogP contribution in [0, 0.1) is 0 Å². The Balaban J connectivity index is 2.18. The van der Waals surface area contributed by atoms with Gasteiger partial charge in [-0.15, -0.1) is 0 Å². The molecular weight excluding hydrogens is 176 g/mol. The van der Waals surface area contributed by atoms with E-state index in [4.69, 9.17) is 16.2 Å². The second-order valence-corrected chi connectivity index (χ2v) is 3.78. The molecule has 0 unspecified atom stereocenters. The van der Waals surface area contributed by atoms with Gasteiger partial charge in [-0.05, 0) is 36.5 Å². The fourth-order valence-electron chi connectivity index (χ4n) is 1.88. The number of ether oxygens (including phenoxy) is 1. The van der Waals surface area contributed by atoms with Crippen LogP contribution in [-0.2, 0) is 4.74 Å². The van der Waals surface area contributed by atoms with Gasteiger partial charge in [0.1, 0.15) is 0 Å². The van der Waals surface area contributed by atoms with Crippen LogP contribution in [0.1, 0.15) is 24.3 Å². The van der Waals surface area contributed by atoms with Gasteiger partial charge in [-0.2, -0.15) is 0 Å². The maximum absolute atomic E-state index is 5.77. The Hall–Kier alpha value is -1.22. The molecule has 1 saturated heterocycles. The third-order valence-corrected chi connectivity index (χ3v) is 2.80. The van der Waals surface area contributed by atoms with E-state index in [1.54, 1.807) is 0 Å². The Morgan fingerprint density at radius 2 is 1.79 bits per heavy atom. The molecule has 1 aliphatic heterocycles. The molecule has 3 nitrogen and oxygen atoms in total. The molecule has 76 valence electrons. The van der Waals surface area contributed by atoms with Gasteiger partial charge in [0.2, 0.25) is 0 Å². The molecule has 4 N–H and O–H groups in total. The van der Waals surface area contributed by atoms with Crippen molar-refractivity contribution in [1.82, 2.24) is 0 Å². The average Bonchev–Trinajstić information content (AvgIpc) is 2.23. The summed E-state index contributed by atoms with van der Waals surface area (Å²) in [4.78, 5) is 0. The van der Waals surface area contributed by atoms with Crippen molar-refractivity contribution in [3.63, 3.8) is 0 Å². The van der Waals surface area contributed by atoms with Crippen molar-refractivity contribution in [2.45, 2.75) is 18.8 Å². The van der Waals surface area contributed by atoms with Crippen LogP contribution >= 0.6 is 0 Å². The van der Waals surface area contributed by atoms with Gasteiger partial charge in [-0.25, -0.2) is 0 Å². The Morgan fingerprint density at radius 1 is 1.07 bits per heavy atom. The quantitative estimate of drug-likeness (QED) is 0.666. The molecule has 0 bridgehead atoms. The number of nitrogen functional groups attached to an aromatic ring is 2. The summed E-state index contributed by atoms with van der Waals surface area (Å²) < 4.78 is 5.32. The lowest BCUT2D eigenvalue weighted by Crippen LogP contribution is -2.14. The van der Waals surface area contributed by atoms with Crippen molar-refractivity contribution in [2.24, 2.45) is 0 Å². The number of benzene rings is 1. The molecule has 14 heavy (non-hydrogen) atoms. The molecule has 0 aliphatic carbocycles. The molecule has 3 heteroatoms. The normalized spacial score (nSPS) is 18.3. The van der Waals surface area contributed by atoms with Crippen LogP contribution in [0.25, 0.3) is 0 Å². The highest BCUT2D eigenvalue weighted by Gasteiger charge is 2.16. The zero-order chi connectivity index (χ0) is 9.97. The lowest BCUT2D eigenvalue weighted by molar-refractivity contribution is 0.0853. The highest BCUT2D eigenvalue weighted by molar-refractivity contribution is 5.64. The van der Waals surface area contributed by atoms with E-state index in [9.17, 15) is 0 Å². The lowest BCUT2D eigenvalue weighted by atomic mass is 9.91. The molecule has 0 aromatic heterocycles. The van der Waals surface area contributed by atoms with Crippen LogP contribution in [0.2, 0.25) is 0 Å². The largest absolute Gasteiger partial charge is 0.397 e. The van der Waals surface area contributed by atoms with Crippen molar-refractivity contribution < 1.29 is 4.74 Å². The third kappa shape index (κ3) is 1.82. The fourth-order valence-corrected chi connectivity index (χ4v) is 1.88. The van der Waals surface area contributed by atoms with Gasteiger partial charge in [-0.1, -0.05) is 6.07 Å². The molecule has 1 heterocycles. The second kappa shape index (κ2) is 3.88. The van der Waals surface area contributed by atoms with Gasteiger partial charge < -0.3 is 16.2 Å². The molecule has 0 atom stereocenters. The van der Waals surface area contributed by atoms with Crippen LogP contribution in [0.4, 0.5) is 11.4 Å². The van der Waals surface area contributed by atoms with Gasteiger partial charge in [0.05, 0.1) is 11.4 Å². The first-order valence-corrected chi connectivity index (χ1v) is 5.00. The summed E-state index contributed by atoms with van der Waals surface area (Å²) in [6.07, 6.45) is 2.17. The second-order valence-electron chi connectivity index (χ2n) is 3.78. The molecule has 0 spiro atoms. The van der Waals surface area contributed by atoms with E-state index in [2.05, 4.69) is 6.07 Å². The Bertz CT molecular complexity index is 319. The predicted molar refractivity (Wildman–Crippen MR) is 58.1 cm³/mol. The maximum Gasteiger partial charge on any atom is 0.0550 e. The van der Waals surface area contributed by atoms with Gasteiger partial charge in [0.15, 0.2) is 0 Å². The summed E-state index contributed by atoms with van der Waals surface area (Å²) in [6, 6.07) is 5.95.